The fourth-order valence-corrected chi connectivity index (χ4v) is 3.50. The maximum atomic E-state index is 11.4. The Labute approximate surface area is 102 Å². The number of nitrogens with one attached hydrogen (secondary N) is 1. The Kier molecular flexibility index (Phi) is 2.96. The van der Waals surface area contributed by atoms with Gasteiger partial charge in [0.05, 0.1) is 6.10 Å². The monoisotopic (exact) mass is 239 g/mol. The van der Waals surface area contributed by atoms with Crippen LogP contribution >= 0.6 is 0 Å². The molecule has 5 nitrogen and oxygen atoms in total. The van der Waals surface area contributed by atoms with Gasteiger partial charge in [-0.1, -0.05) is 0 Å². The minimum absolute atomic E-state index is 0.0735. The molecule has 2 aliphatic heterocycles. The number of rotatable bonds is 3. The number of hydrogen-bond donors (Lipinski definition) is 2. The van der Waals surface area contributed by atoms with Crippen molar-refractivity contribution in [1.82, 2.24) is 15.1 Å². The van der Waals surface area contributed by atoms with Crippen LogP contribution in [0.1, 0.15) is 12.8 Å². The number of carbonyl (C=O) groups excluding carboxylic acids is 1. The van der Waals surface area contributed by atoms with Crippen LogP contribution in [0, 0.1) is 11.8 Å². The highest BCUT2D eigenvalue weighted by Crippen LogP contribution is 2.37. The van der Waals surface area contributed by atoms with Gasteiger partial charge in [-0.2, -0.15) is 0 Å². The van der Waals surface area contributed by atoms with Crippen LogP contribution in [0.15, 0.2) is 0 Å². The molecule has 3 unspecified atom stereocenters. The van der Waals surface area contributed by atoms with E-state index in [0.717, 1.165) is 45.7 Å². The van der Waals surface area contributed by atoms with Crippen LogP contribution < -0.4 is 5.32 Å². The largest absolute Gasteiger partial charge is 0.393 e. The molecule has 1 saturated carbocycles. The number of aliphatic hydroxyl groups excluding tert-OH is 1. The molecule has 3 atom stereocenters. The summed E-state index contributed by atoms with van der Waals surface area (Å²) in [6, 6.07) is 0.0735. The lowest BCUT2D eigenvalue weighted by atomic mass is 10.00. The molecule has 1 aliphatic carbocycles. The first-order chi connectivity index (χ1) is 8.24. The van der Waals surface area contributed by atoms with Gasteiger partial charge in [-0.05, 0) is 18.8 Å². The van der Waals surface area contributed by atoms with E-state index >= 15 is 0 Å². The first-order valence-corrected chi connectivity index (χ1v) is 6.67. The molecular formula is C12H21N3O2. The van der Waals surface area contributed by atoms with Crippen molar-refractivity contribution < 1.29 is 9.90 Å². The third-order valence-electron chi connectivity index (χ3n) is 4.53. The number of nitrogens with zero attached hydrogens (tertiary/aromatic N) is 2. The fraction of sp³-hybridized carbons (Fsp3) is 0.917. The lowest BCUT2D eigenvalue weighted by molar-refractivity contribution is 0.123. The Morgan fingerprint density at radius 1 is 1.29 bits per heavy atom. The minimum Gasteiger partial charge on any atom is -0.393 e. The molecule has 96 valence electrons. The zero-order valence-electron chi connectivity index (χ0n) is 10.1. The van der Waals surface area contributed by atoms with Crippen molar-refractivity contribution in [3.05, 3.63) is 0 Å². The number of likely N-dealkylation sites (tertiary alicyclic amines) is 1. The van der Waals surface area contributed by atoms with Crippen LogP contribution in [0.5, 0.6) is 0 Å². The minimum atomic E-state index is -0.0833. The van der Waals surface area contributed by atoms with E-state index in [-0.39, 0.29) is 12.1 Å². The molecule has 17 heavy (non-hydrogen) atoms. The predicted molar refractivity (Wildman–Crippen MR) is 63.6 cm³/mol. The van der Waals surface area contributed by atoms with Crippen molar-refractivity contribution in [3.63, 3.8) is 0 Å². The molecule has 2 amide bonds. The number of amides is 2. The molecule has 2 saturated heterocycles. The number of fused-ring (bicyclic) bond motifs is 1. The summed E-state index contributed by atoms with van der Waals surface area (Å²) in [6.07, 6.45) is 2.07. The number of urea groups is 1. The molecule has 0 aromatic rings. The molecule has 0 spiro atoms. The summed E-state index contributed by atoms with van der Waals surface area (Å²) in [5, 5.41) is 12.7. The van der Waals surface area contributed by atoms with Crippen LogP contribution in [-0.4, -0.2) is 66.3 Å². The molecule has 3 aliphatic rings. The fourth-order valence-electron chi connectivity index (χ4n) is 3.50. The second-order valence-corrected chi connectivity index (χ2v) is 5.55. The van der Waals surface area contributed by atoms with Gasteiger partial charge in [-0.15, -0.1) is 0 Å². The number of aliphatic hydroxyl groups is 1. The summed E-state index contributed by atoms with van der Waals surface area (Å²) in [4.78, 5) is 15.7. The molecule has 3 fully saturated rings. The summed E-state index contributed by atoms with van der Waals surface area (Å²) >= 11 is 0. The van der Waals surface area contributed by atoms with Gasteiger partial charge in [0.2, 0.25) is 0 Å². The summed E-state index contributed by atoms with van der Waals surface area (Å²) in [6.45, 7) is 5.51. The van der Waals surface area contributed by atoms with E-state index in [1.165, 1.54) is 6.42 Å². The van der Waals surface area contributed by atoms with E-state index in [4.69, 9.17) is 0 Å². The molecule has 5 heteroatoms. The van der Waals surface area contributed by atoms with Gasteiger partial charge in [-0.3, -0.25) is 0 Å². The highest BCUT2D eigenvalue weighted by Gasteiger charge is 2.41. The van der Waals surface area contributed by atoms with E-state index in [2.05, 4.69) is 10.2 Å². The second-order valence-electron chi connectivity index (χ2n) is 5.55. The highest BCUT2D eigenvalue weighted by molar-refractivity contribution is 5.76. The second kappa shape index (κ2) is 4.46. The molecule has 0 aromatic heterocycles. The number of hydrogen-bond acceptors (Lipinski definition) is 3. The topological polar surface area (TPSA) is 55.8 Å². The van der Waals surface area contributed by atoms with Gasteiger partial charge in [0.25, 0.3) is 0 Å². The smallest absolute Gasteiger partial charge is 0.317 e. The third kappa shape index (κ3) is 2.13. The SMILES string of the molecule is O=C1NCCN1CCN1CC2CCC(O)C2C1. The Morgan fingerprint density at radius 2 is 2.18 bits per heavy atom. The zero-order valence-corrected chi connectivity index (χ0v) is 10.1. The van der Waals surface area contributed by atoms with Gasteiger partial charge in [-0.25, -0.2) is 4.79 Å². The third-order valence-corrected chi connectivity index (χ3v) is 4.53. The van der Waals surface area contributed by atoms with Crippen LogP contribution in [0.3, 0.4) is 0 Å². The average Bonchev–Trinajstić information content (AvgIpc) is 2.96. The highest BCUT2D eigenvalue weighted by atomic mass is 16.3. The zero-order chi connectivity index (χ0) is 11.8. The molecule has 0 bridgehead atoms. The molecular weight excluding hydrogens is 218 g/mol. The van der Waals surface area contributed by atoms with Crippen molar-refractivity contribution in [3.8, 4) is 0 Å². The Hall–Kier alpha value is -0.810. The van der Waals surface area contributed by atoms with Crippen molar-refractivity contribution in [2.24, 2.45) is 11.8 Å². The van der Waals surface area contributed by atoms with E-state index in [1.54, 1.807) is 0 Å². The molecule has 3 rings (SSSR count). The summed E-state index contributed by atoms with van der Waals surface area (Å²) in [5.41, 5.74) is 0. The van der Waals surface area contributed by atoms with Gasteiger partial charge in [0.15, 0.2) is 0 Å². The standard InChI is InChI=1S/C12H21N3O2/c16-11-2-1-9-7-14(8-10(9)11)5-6-15-4-3-13-12(15)17/h9-11,16H,1-8H2,(H,13,17). The summed E-state index contributed by atoms with van der Waals surface area (Å²) in [7, 11) is 0. The van der Waals surface area contributed by atoms with Gasteiger partial charge < -0.3 is 20.2 Å². The van der Waals surface area contributed by atoms with E-state index in [9.17, 15) is 9.90 Å². The van der Waals surface area contributed by atoms with Crippen molar-refractivity contribution in [2.45, 2.75) is 18.9 Å². The molecule has 0 radical (unpaired) electrons. The molecule has 2 N–H and O–H groups in total. The molecule has 2 heterocycles. The van der Waals surface area contributed by atoms with E-state index < -0.39 is 0 Å². The predicted octanol–water partition coefficient (Wildman–Crippen LogP) is -0.286. The van der Waals surface area contributed by atoms with E-state index in [0.29, 0.717) is 11.8 Å². The van der Waals surface area contributed by atoms with Crippen LogP contribution in [0.2, 0.25) is 0 Å². The van der Waals surface area contributed by atoms with E-state index in [1.807, 2.05) is 4.90 Å². The average molecular weight is 239 g/mol. The maximum absolute atomic E-state index is 11.4. The molecule has 0 aromatic carbocycles. The lowest BCUT2D eigenvalue weighted by Gasteiger charge is -2.21. The van der Waals surface area contributed by atoms with Crippen LogP contribution in [0.4, 0.5) is 4.79 Å². The van der Waals surface area contributed by atoms with Crippen LogP contribution in [0.25, 0.3) is 0 Å². The van der Waals surface area contributed by atoms with Crippen molar-refractivity contribution in [2.75, 3.05) is 39.3 Å². The number of carbonyl (C=O) groups is 1. The quantitative estimate of drug-likeness (QED) is 0.712. The Balaban J connectivity index is 1.46. The van der Waals surface area contributed by atoms with Crippen molar-refractivity contribution >= 4 is 6.03 Å². The van der Waals surface area contributed by atoms with Crippen molar-refractivity contribution in [1.29, 1.82) is 0 Å². The van der Waals surface area contributed by atoms with Crippen LogP contribution in [-0.2, 0) is 0 Å². The van der Waals surface area contributed by atoms with Gasteiger partial charge in [0.1, 0.15) is 0 Å². The van der Waals surface area contributed by atoms with Gasteiger partial charge in [0, 0.05) is 45.2 Å². The first-order valence-electron chi connectivity index (χ1n) is 6.67. The summed E-state index contributed by atoms with van der Waals surface area (Å²) in [5.74, 6) is 1.18. The lowest BCUT2D eigenvalue weighted by Crippen LogP contribution is -2.36. The summed E-state index contributed by atoms with van der Waals surface area (Å²) < 4.78 is 0. The Morgan fingerprint density at radius 3 is 2.88 bits per heavy atom. The van der Waals surface area contributed by atoms with Gasteiger partial charge >= 0.3 is 6.03 Å². The normalized spacial score (nSPS) is 37.6. The first kappa shape index (κ1) is 11.3. The maximum Gasteiger partial charge on any atom is 0.317 e. The Bertz CT molecular complexity index is 310.